The lowest BCUT2D eigenvalue weighted by Crippen LogP contribution is -2.57. The molecule has 2 amide bonds. The van der Waals surface area contributed by atoms with E-state index in [-0.39, 0.29) is 23.3 Å². The maximum absolute atomic E-state index is 12.8. The molecule has 0 aromatic carbocycles. The third-order valence-corrected chi connectivity index (χ3v) is 5.30. The Morgan fingerprint density at radius 3 is 3.13 bits per heavy atom. The number of likely N-dealkylation sites (tertiary alicyclic amines) is 1. The van der Waals surface area contributed by atoms with Crippen LogP contribution in [-0.4, -0.2) is 58.1 Å². The molecule has 1 N–H and O–H groups in total. The molecule has 3 aliphatic heterocycles. The molecule has 7 nitrogen and oxygen atoms in total. The molecular weight excluding hydrogens is 296 g/mol. The van der Waals surface area contributed by atoms with E-state index in [0.717, 1.165) is 31.6 Å². The van der Waals surface area contributed by atoms with Gasteiger partial charge in [0.25, 0.3) is 5.91 Å². The van der Waals surface area contributed by atoms with Crippen LogP contribution >= 0.6 is 0 Å². The molecule has 3 aliphatic rings. The second-order valence-corrected chi connectivity index (χ2v) is 6.88. The van der Waals surface area contributed by atoms with Crippen LogP contribution in [0.1, 0.15) is 36.1 Å². The molecule has 4 rings (SSSR count). The second-order valence-electron chi connectivity index (χ2n) is 6.88. The van der Waals surface area contributed by atoms with Crippen molar-refractivity contribution in [2.75, 3.05) is 26.3 Å². The van der Waals surface area contributed by atoms with Gasteiger partial charge in [-0.25, -0.2) is 4.98 Å². The quantitative estimate of drug-likeness (QED) is 0.845. The van der Waals surface area contributed by atoms with Crippen molar-refractivity contribution in [1.29, 1.82) is 0 Å². The van der Waals surface area contributed by atoms with Gasteiger partial charge < -0.3 is 19.5 Å². The summed E-state index contributed by atoms with van der Waals surface area (Å²) in [5, 5.41) is 3.09. The third kappa shape index (κ3) is 2.43. The van der Waals surface area contributed by atoms with Crippen LogP contribution < -0.4 is 5.32 Å². The zero-order valence-electron chi connectivity index (χ0n) is 13.4. The average Bonchev–Trinajstić information content (AvgIpc) is 3.17. The highest BCUT2D eigenvalue weighted by atomic mass is 16.5. The minimum atomic E-state index is -0.345. The summed E-state index contributed by atoms with van der Waals surface area (Å²) in [5.74, 6) is 1.07. The fourth-order valence-corrected chi connectivity index (χ4v) is 4.18. The van der Waals surface area contributed by atoms with Crippen LogP contribution in [-0.2, 0) is 22.5 Å². The number of ether oxygens (including phenoxy) is 1. The van der Waals surface area contributed by atoms with Crippen molar-refractivity contribution in [3.63, 3.8) is 0 Å². The highest BCUT2D eigenvalue weighted by Gasteiger charge is 2.50. The van der Waals surface area contributed by atoms with Crippen molar-refractivity contribution < 1.29 is 14.3 Å². The molecule has 2 atom stereocenters. The van der Waals surface area contributed by atoms with Gasteiger partial charge in [0.05, 0.1) is 12.1 Å². The first-order valence-corrected chi connectivity index (χ1v) is 8.29. The van der Waals surface area contributed by atoms with Gasteiger partial charge in [-0.1, -0.05) is 0 Å². The number of amides is 2. The van der Waals surface area contributed by atoms with Crippen molar-refractivity contribution in [3.8, 4) is 0 Å². The molecule has 23 heavy (non-hydrogen) atoms. The molecule has 4 heterocycles. The molecule has 2 fully saturated rings. The molecule has 0 aliphatic carbocycles. The number of aryl methyl sites for hydroxylation is 2. The highest BCUT2D eigenvalue weighted by molar-refractivity contribution is 5.92. The number of aromatic nitrogens is 2. The topological polar surface area (TPSA) is 76.5 Å². The minimum Gasteiger partial charge on any atom is -0.381 e. The van der Waals surface area contributed by atoms with Crippen LogP contribution in [0.2, 0.25) is 0 Å². The second kappa shape index (κ2) is 5.33. The first-order valence-electron chi connectivity index (χ1n) is 8.29. The summed E-state index contributed by atoms with van der Waals surface area (Å²) in [7, 11) is 0. The summed E-state index contributed by atoms with van der Waals surface area (Å²) >= 11 is 0. The predicted molar refractivity (Wildman–Crippen MR) is 81.9 cm³/mol. The van der Waals surface area contributed by atoms with Crippen LogP contribution in [0.4, 0.5) is 0 Å². The van der Waals surface area contributed by atoms with E-state index in [4.69, 9.17) is 4.74 Å². The lowest BCUT2D eigenvalue weighted by molar-refractivity contribution is -0.122. The number of hydrogen-bond donors (Lipinski definition) is 1. The SMILES string of the molecule is CC(=O)N[C@@]12CCOC[C@@H]1CN(C(=O)c1cn3c(n1)CCC3)C2. The van der Waals surface area contributed by atoms with E-state index in [0.29, 0.717) is 32.0 Å². The molecule has 1 aromatic rings. The average molecular weight is 318 g/mol. The Bertz CT molecular complexity index is 634. The smallest absolute Gasteiger partial charge is 0.274 e. The van der Waals surface area contributed by atoms with E-state index < -0.39 is 0 Å². The van der Waals surface area contributed by atoms with Crippen molar-refractivity contribution >= 4 is 11.8 Å². The zero-order valence-corrected chi connectivity index (χ0v) is 13.4. The number of carbonyl (C=O) groups excluding carboxylic acids is 2. The van der Waals surface area contributed by atoms with Gasteiger partial charge in [-0.15, -0.1) is 0 Å². The van der Waals surface area contributed by atoms with Crippen LogP contribution in [0.15, 0.2) is 6.20 Å². The van der Waals surface area contributed by atoms with E-state index >= 15 is 0 Å². The van der Waals surface area contributed by atoms with Gasteiger partial charge >= 0.3 is 0 Å². The Morgan fingerprint density at radius 1 is 1.48 bits per heavy atom. The highest BCUT2D eigenvalue weighted by Crippen LogP contribution is 2.35. The van der Waals surface area contributed by atoms with Gasteiger partial charge in [0.2, 0.25) is 5.91 Å². The van der Waals surface area contributed by atoms with Crippen LogP contribution in [0.25, 0.3) is 0 Å². The summed E-state index contributed by atoms with van der Waals surface area (Å²) < 4.78 is 7.64. The number of hydrogen-bond acceptors (Lipinski definition) is 4. The molecular formula is C16H22N4O3. The van der Waals surface area contributed by atoms with E-state index in [9.17, 15) is 9.59 Å². The normalized spacial score (nSPS) is 29.3. The molecule has 1 aromatic heterocycles. The molecule has 2 saturated heterocycles. The van der Waals surface area contributed by atoms with E-state index in [2.05, 4.69) is 14.9 Å². The van der Waals surface area contributed by atoms with Crippen LogP contribution in [0, 0.1) is 5.92 Å². The number of carbonyl (C=O) groups is 2. The van der Waals surface area contributed by atoms with Crippen molar-refractivity contribution in [2.45, 2.75) is 38.3 Å². The number of nitrogens with zero attached hydrogens (tertiary/aromatic N) is 3. The first kappa shape index (κ1) is 14.7. The third-order valence-electron chi connectivity index (χ3n) is 5.30. The summed E-state index contributed by atoms with van der Waals surface area (Å²) in [4.78, 5) is 30.8. The van der Waals surface area contributed by atoms with Gasteiger partial charge in [0, 0.05) is 51.7 Å². The molecule has 7 heteroatoms. The summed E-state index contributed by atoms with van der Waals surface area (Å²) in [6.45, 7) is 4.85. The minimum absolute atomic E-state index is 0.0361. The summed E-state index contributed by atoms with van der Waals surface area (Å²) in [6.07, 6.45) is 4.67. The number of fused-ring (bicyclic) bond motifs is 2. The number of rotatable bonds is 2. The lowest BCUT2D eigenvalue weighted by atomic mass is 9.83. The Hall–Kier alpha value is -1.89. The van der Waals surface area contributed by atoms with Crippen molar-refractivity contribution in [3.05, 3.63) is 17.7 Å². The Kier molecular flexibility index (Phi) is 3.41. The maximum atomic E-state index is 12.8. The standard InChI is InChI=1S/C16H22N4O3/c1-11(21)18-16-4-6-23-9-12(16)7-20(10-16)15(22)13-8-19-5-2-3-14(19)17-13/h8,12H,2-7,9-10H2,1H3,(H,18,21)/t12-,16+/m0/s1. The molecule has 0 radical (unpaired) electrons. The van der Waals surface area contributed by atoms with Gasteiger partial charge in [-0.2, -0.15) is 0 Å². The maximum Gasteiger partial charge on any atom is 0.274 e. The molecule has 124 valence electrons. The fraction of sp³-hybridized carbons (Fsp3) is 0.688. The van der Waals surface area contributed by atoms with Gasteiger partial charge in [-0.05, 0) is 12.8 Å². The van der Waals surface area contributed by atoms with Crippen molar-refractivity contribution in [1.82, 2.24) is 19.8 Å². The first-order chi connectivity index (χ1) is 11.1. The monoisotopic (exact) mass is 318 g/mol. The summed E-state index contributed by atoms with van der Waals surface area (Å²) in [6, 6.07) is 0. The van der Waals surface area contributed by atoms with E-state index in [1.165, 1.54) is 6.92 Å². The van der Waals surface area contributed by atoms with Gasteiger partial charge in [0.15, 0.2) is 0 Å². The Morgan fingerprint density at radius 2 is 2.35 bits per heavy atom. The number of nitrogens with one attached hydrogen (secondary N) is 1. The van der Waals surface area contributed by atoms with Crippen molar-refractivity contribution in [2.24, 2.45) is 5.92 Å². The van der Waals surface area contributed by atoms with Gasteiger partial charge in [-0.3, -0.25) is 9.59 Å². The van der Waals surface area contributed by atoms with Crippen LogP contribution in [0.3, 0.4) is 0 Å². The fourth-order valence-electron chi connectivity index (χ4n) is 4.18. The van der Waals surface area contributed by atoms with Crippen LogP contribution in [0.5, 0.6) is 0 Å². The lowest BCUT2D eigenvalue weighted by Gasteiger charge is -2.38. The Balaban J connectivity index is 1.55. The number of imidazole rings is 1. The largest absolute Gasteiger partial charge is 0.381 e. The van der Waals surface area contributed by atoms with E-state index in [1.807, 2.05) is 11.1 Å². The molecule has 0 spiro atoms. The predicted octanol–water partition coefficient (Wildman–Crippen LogP) is 0.197. The zero-order chi connectivity index (χ0) is 16.0. The molecule has 0 bridgehead atoms. The molecule has 0 unspecified atom stereocenters. The summed E-state index contributed by atoms with van der Waals surface area (Å²) in [5.41, 5.74) is 0.180. The van der Waals surface area contributed by atoms with E-state index in [1.54, 1.807) is 0 Å². The Labute approximate surface area is 135 Å². The van der Waals surface area contributed by atoms with Gasteiger partial charge in [0.1, 0.15) is 11.5 Å². The molecule has 0 saturated carbocycles.